The van der Waals surface area contributed by atoms with E-state index in [1.165, 1.54) is 6.21 Å². The molecule has 0 unspecified atom stereocenters. The minimum absolute atomic E-state index is 0.241. The first-order valence-corrected chi connectivity index (χ1v) is 4.15. The number of carbonyl (C=O) groups excluding carboxylic acids is 1. The second-order valence-corrected chi connectivity index (χ2v) is 2.77. The quantitative estimate of drug-likeness (QED) is 0.571. The van der Waals surface area contributed by atoms with E-state index in [-0.39, 0.29) is 5.91 Å². The maximum absolute atomic E-state index is 11.2. The molecule has 1 amide bonds. The number of nitrogens with zero attached hydrogens (tertiary/aromatic N) is 1. The normalized spacial score (nSPS) is 10.3. The lowest BCUT2D eigenvalue weighted by atomic mass is 10.2. The summed E-state index contributed by atoms with van der Waals surface area (Å²) < 4.78 is 0. The van der Waals surface area contributed by atoms with Crippen LogP contribution in [0.25, 0.3) is 0 Å². The van der Waals surface area contributed by atoms with E-state index in [9.17, 15) is 4.79 Å². The standard InChI is InChI=1S/C9H9ClN2O/c1-2-11-12-9(13)7-3-5-8(10)6-4-7/h2-6H,1H3,(H,12,13)/b11-2+. The fraction of sp³-hybridized carbons (Fsp3) is 0.111. The van der Waals surface area contributed by atoms with Gasteiger partial charge >= 0.3 is 0 Å². The van der Waals surface area contributed by atoms with E-state index >= 15 is 0 Å². The van der Waals surface area contributed by atoms with E-state index in [1.807, 2.05) is 0 Å². The molecule has 0 aliphatic rings. The van der Waals surface area contributed by atoms with Gasteiger partial charge in [-0.1, -0.05) is 11.6 Å². The molecule has 0 bridgehead atoms. The summed E-state index contributed by atoms with van der Waals surface area (Å²) in [4.78, 5) is 11.2. The number of hydrogen-bond donors (Lipinski definition) is 1. The summed E-state index contributed by atoms with van der Waals surface area (Å²) in [5, 5.41) is 4.22. The molecule has 0 aliphatic heterocycles. The highest BCUT2D eigenvalue weighted by Crippen LogP contribution is 2.08. The first-order chi connectivity index (χ1) is 6.24. The lowest BCUT2D eigenvalue weighted by Gasteiger charge is -1.98. The predicted octanol–water partition coefficient (Wildman–Crippen LogP) is 2.08. The minimum Gasteiger partial charge on any atom is -0.267 e. The zero-order valence-corrected chi connectivity index (χ0v) is 7.88. The molecule has 0 heterocycles. The molecule has 0 saturated carbocycles. The molecule has 0 radical (unpaired) electrons. The predicted molar refractivity (Wildman–Crippen MR) is 53.1 cm³/mol. The van der Waals surface area contributed by atoms with Gasteiger partial charge in [0.2, 0.25) is 0 Å². The first-order valence-electron chi connectivity index (χ1n) is 3.77. The number of halogens is 1. The summed E-state index contributed by atoms with van der Waals surface area (Å²) in [6.45, 7) is 1.72. The molecule has 1 aromatic rings. The Bertz CT molecular complexity index is 319. The van der Waals surface area contributed by atoms with Gasteiger partial charge in [0.25, 0.3) is 5.91 Å². The summed E-state index contributed by atoms with van der Waals surface area (Å²) in [5.41, 5.74) is 2.89. The number of hydrogen-bond acceptors (Lipinski definition) is 2. The molecule has 68 valence electrons. The lowest BCUT2D eigenvalue weighted by Crippen LogP contribution is -2.16. The largest absolute Gasteiger partial charge is 0.271 e. The van der Waals surface area contributed by atoms with Gasteiger partial charge in [0.05, 0.1) is 0 Å². The summed E-state index contributed by atoms with van der Waals surface area (Å²) in [5.74, 6) is -0.241. The molecule has 1 N–H and O–H groups in total. The second kappa shape index (κ2) is 4.62. The second-order valence-electron chi connectivity index (χ2n) is 2.34. The van der Waals surface area contributed by atoms with Crippen molar-refractivity contribution in [1.82, 2.24) is 5.43 Å². The molecule has 0 aliphatic carbocycles. The molecular weight excluding hydrogens is 188 g/mol. The lowest BCUT2D eigenvalue weighted by molar-refractivity contribution is 0.0955. The molecular formula is C9H9ClN2O. The molecule has 3 nitrogen and oxygen atoms in total. The molecule has 0 spiro atoms. The van der Waals surface area contributed by atoms with Crippen LogP contribution in [0.5, 0.6) is 0 Å². The Hall–Kier alpha value is -1.35. The van der Waals surface area contributed by atoms with Crippen molar-refractivity contribution in [3.8, 4) is 0 Å². The molecule has 0 saturated heterocycles. The highest BCUT2D eigenvalue weighted by Gasteiger charge is 2.02. The van der Waals surface area contributed by atoms with Crippen LogP contribution in [0.4, 0.5) is 0 Å². The van der Waals surface area contributed by atoms with Gasteiger partial charge in [-0.15, -0.1) is 0 Å². The molecule has 0 atom stereocenters. The van der Waals surface area contributed by atoms with Crippen LogP contribution in [0.2, 0.25) is 5.02 Å². The number of carbonyl (C=O) groups is 1. The SMILES string of the molecule is C/C=N/NC(=O)c1ccc(Cl)cc1. The maximum atomic E-state index is 11.2. The van der Waals surface area contributed by atoms with E-state index in [0.29, 0.717) is 10.6 Å². The van der Waals surface area contributed by atoms with Crippen molar-refractivity contribution in [3.63, 3.8) is 0 Å². The fourth-order valence-corrected chi connectivity index (χ4v) is 0.915. The van der Waals surface area contributed by atoms with Crippen molar-refractivity contribution in [2.24, 2.45) is 5.10 Å². The van der Waals surface area contributed by atoms with Crippen LogP contribution in [0.15, 0.2) is 29.4 Å². The van der Waals surface area contributed by atoms with Gasteiger partial charge in [0.15, 0.2) is 0 Å². The first kappa shape index (κ1) is 9.74. The Morgan fingerprint density at radius 1 is 1.46 bits per heavy atom. The van der Waals surface area contributed by atoms with E-state index in [1.54, 1.807) is 31.2 Å². The van der Waals surface area contributed by atoms with Gasteiger partial charge in [-0.25, -0.2) is 5.43 Å². The third-order valence-electron chi connectivity index (χ3n) is 1.40. The number of amides is 1. The Labute approximate surface area is 81.4 Å². The van der Waals surface area contributed by atoms with Crippen molar-refractivity contribution < 1.29 is 4.79 Å². The van der Waals surface area contributed by atoms with Crippen LogP contribution < -0.4 is 5.43 Å². The molecule has 0 fully saturated rings. The van der Waals surface area contributed by atoms with Crippen molar-refractivity contribution >= 4 is 23.7 Å². The van der Waals surface area contributed by atoms with Gasteiger partial charge in [-0.3, -0.25) is 4.79 Å². The zero-order valence-electron chi connectivity index (χ0n) is 7.12. The Balaban J connectivity index is 2.72. The highest BCUT2D eigenvalue weighted by molar-refractivity contribution is 6.30. The van der Waals surface area contributed by atoms with E-state index < -0.39 is 0 Å². The van der Waals surface area contributed by atoms with Gasteiger partial charge in [-0.2, -0.15) is 5.10 Å². The van der Waals surface area contributed by atoms with Crippen molar-refractivity contribution in [1.29, 1.82) is 0 Å². The van der Waals surface area contributed by atoms with Gasteiger partial charge in [0, 0.05) is 16.8 Å². The Morgan fingerprint density at radius 2 is 2.08 bits per heavy atom. The van der Waals surface area contributed by atoms with Gasteiger partial charge in [0.1, 0.15) is 0 Å². The average Bonchev–Trinajstić information content (AvgIpc) is 2.15. The van der Waals surface area contributed by atoms with E-state index in [4.69, 9.17) is 11.6 Å². The van der Waals surface area contributed by atoms with Crippen LogP contribution in [0.3, 0.4) is 0 Å². The molecule has 13 heavy (non-hydrogen) atoms. The van der Waals surface area contributed by atoms with Crippen LogP contribution in [0.1, 0.15) is 17.3 Å². The van der Waals surface area contributed by atoms with Crippen molar-refractivity contribution in [3.05, 3.63) is 34.9 Å². The molecule has 1 aromatic carbocycles. The monoisotopic (exact) mass is 196 g/mol. The van der Waals surface area contributed by atoms with Crippen molar-refractivity contribution in [2.75, 3.05) is 0 Å². The smallest absolute Gasteiger partial charge is 0.267 e. The van der Waals surface area contributed by atoms with Crippen LogP contribution >= 0.6 is 11.6 Å². The summed E-state index contributed by atoms with van der Waals surface area (Å²) in [7, 11) is 0. The molecule has 1 rings (SSSR count). The Morgan fingerprint density at radius 3 is 2.62 bits per heavy atom. The summed E-state index contributed by atoms with van der Waals surface area (Å²) in [6, 6.07) is 6.60. The summed E-state index contributed by atoms with van der Waals surface area (Å²) >= 11 is 5.66. The van der Waals surface area contributed by atoms with E-state index in [0.717, 1.165) is 0 Å². The van der Waals surface area contributed by atoms with Crippen LogP contribution in [-0.2, 0) is 0 Å². The maximum Gasteiger partial charge on any atom is 0.271 e. The number of benzene rings is 1. The van der Waals surface area contributed by atoms with Gasteiger partial charge < -0.3 is 0 Å². The third-order valence-corrected chi connectivity index (χ3v) is 1.65. The van der Waals surface area contributed by atoms with Gasteiger partial charge in [-0.05, 0) is 31.2 Å². The number of hydrazone groups is 1. The van der Waals surface area contributed by atoms with Crippen molar-refractivity contribution in [2.45, 2.75) is 6.92 Å². The number of rotatable bonds is 2. The Kier molecular flexibility index (Phi) is 3.46. The molecule has 4 heteroatoms. The van der Waals surface area contributed by atoms with Crippen LogP contribution in [-0.4, -0.2) is 12.1 Å². The topological polar surface area (TPSA) is 41.5 Å². The van der Waals surface area contributed by atoms with Crippen LogP contribution in [0, 0.1) is 0 Å². The minimum atomic E-state index is -0.241. The third kappa shape index (κ3) is 2.87. The highest BCUT2D eigenvalue weighted by atomic mass is 35.5. The average molecular weight is 197 g/mol. The molecule has 0 aromatic heterocycles. The van der Waals surface area contributed by atoms with E-state index in [2.05, 4.69) is 10.5 Å². The summed E-state index contributed by atoms with van der Waals surface area (Å²) in [6.07, 6.45) is 1.51. The zero-order chi connectivity index (χ0) is 9.68. The fourth-order valence-electron chi connectivity index (χ4n) is 0.789. The number of nitrogens with one attached hydrogen (secondary N) is 1.